The van der Waals surface area contributed by atoms with Gasteiger partial charge in [-0.15, -0.1) is 0 Å². The molecule has 0 bridgehead atoms. The Labute approximate surface area is 113 Å². The minimum absolute atomic E-state index is 0.289. The highest BCUT2D eigenvalue weighted by atomic mass is 32.2. The van der Waals surface area contributed by atoms with E-state index in [1.165, 1.54) is 0 Å². The van der Waals surface area contributed by atoms with E-state index >= 15 is 0 Å². The lowest BCUT2D eigenvalue weighted by Gasteiger charge is -2.17. The van der Waals surface area contributed by atoms with Crippen LogP contribution in [0.4, 0.5) is 4.79 Å². The summed E-state index contributed by atoms with van der Waals surface area (Å²) in [5.41, 5.74) is 0. The lowest BCUT2D eigenvalue weighted by Crippen LogP contribution is -2.49. The van der Waals surface area contributed by atoms with Crippen LogP contribution in [-0.2, 0) is 20.4 Å². The van der Waals surface area contributed by atoms with Crippen LogP contribution in [0.5, 0.6) is 0 Å². The van der Waals surface area contributed by atoms with Crippen molar-refractivity contribution in [3.8, 4) is 0 Å². The summed E-state index contributed by atoms with van der Waals surface area (Å²) < 4.78 is 10.9. The summed E-state index contributed by atoms with van der Waals surface area (Å²) in [6.07, 6.45) is 1.32. The topological polar surface area (TPSA) is 133 Å². The molecule has 9 heteroatoms. The van der Waals surface area contributed by atoms with Gasteiger partial charge in [0.2, 0.25) is 0 Å². The maximum Gasteiger partial charge on any atom is 0.326 e. The third-order valence-corrected chi connectivity index (χ3v) is 3.01. The monoisotopic (exact) mass is 294 g/mol. The van der Waals surface area contributed by atoms with E-state index in [2.05, 4.69) is 10.6 Å². The molecular weight excluding hydrogens is 276 g/mol. The van der Waals surface area contributed by atoms with Crippen molar-refractivity contribution in [1.29, 1.82) is 0 Å². The van der Waals surface area contributed by atoms with Crippen LogP contribution in [0, 0.1) is 0 Å². The molecule has 19 heavy (non-hydrogen) atoms. The normalized spacial score (nSPS) is 15.1. The van der Waals surface area contributed by atoms with Crippen molar-refractivity contribution < 1.29 is 28.8 Å². The lowest BCUT2D eigenvalue weighted by atomic mass is 10.2. The van der Waals surface area contributed by atoms with E-state index in [1.807, 2.05) is 0 Å². The molecule has 110 valence electrons. The molecule has 0 fully saturated rings. The molecule has 0 rings (SSSR count). The number of hydrogen-bond acceptors (Lipinski definition) is 4. The Kier molecular flexibility index (Phi) is 7.73. The van der Waals surface area contributed by atoms with Gasteiger partial charge in [0.1, 0.15) is 6.04 Å². The Morgan fingerprint density at radius 3 is 2.21 bits per heavy atom. The van der Waals surface area contributed by atoms with Crippen LogP contribution in [0.2, 0.25) is 0 Å². The lowest BCUT2D eigenvalue weighted by molar-refractivity contribution is -0.145. The Bertz CT molecular complexity index is 373. The van der Waals surface area contributed by atoms with Crippen molar-refractivity contribution in [3.05, 3.63) is 0 Å². The molecule has 0 spiro atoms. The fraction of sp³-hybridized carbons (Fsp3) is 0.700. The number of aliphatic carboxylic acids is 2. The van der Waals surface area contributed by atoms with Gasteiger partial charge in [0.25, 0.3) is 0 Å². The molecule has 0 aromatic rings. The standard InChI is InChI=1S/C10H18N2O6S/c1-6(3-4-19(2)18)11-10(17)12-7(9(15)16)5-8(13)14/h6-7H,3-5H2,1-2H3,(H,13,14)(H,15,16)(H2,11,12,17)/t6?,7-,19?/m0/s1. The van der Waals surface area contributed by atoms with Crippen LogP contribution in [0.25, 0.3) is 0 Å². The SMILES string of the molecule is CC(CCS(C)=O)NC(=O)N[C@@H](CC(=O)O)C(=O)O. The average Bonchev–Trinajstić information content (AvgIpc) is 2.24. The summed E-state index contributed by atoms with van der Waals surface area (Å²) in [4.78, 5) is 32.6. The molecule has 8 nitrogen and oxygen atoms in total. The van der Waals surface area contributed by atoms with Crippen LogP contribution >= 0.6 is 0 Å². The largest absolute Gasteiger partial charge is 0.481 e. The van der Waals surface area contributed by atoms with Crippen molar-refractivity contribution in [2.24, 2.45) is 0 Å². The Hall–Kier alpha value is -1.64. The van der Waals surface area contributed by atoms with Gasteiger partial charge >= 0.3 is 18.0 Å². The molecule has 0 radical (unpaired) electrons. The van der Waals surface area contributed by atoms with Crippen LogP contribution in [0.15, 0.2) is 0 Å². The van der Waals surface area contributed by atoms with E-state index < -0.39 is 41.2 Å². The molecule has 0 saturated carbocycles. The summed E-state index contributed by atoms with van der Waals surface area (Å²) in [5, 5.41) is 21.8. The van der Waals surface area contributed by atoms with Crippen molar-refractivity contribution in [2.75, 3.05) is 12.0 Å². The van der Waals surface area contributed by atoms with E-state index in [0.29, 0.717) is 12.2 Å². The third kappa shape index (κ3) is 9.00. The molecule has 0 aromatic heterocycles. The summed E-state index contributed by atoms with van der Waals surface area (Å²) in [6.45, 7) is 1.68. The highest BCUT2D eigenvalue weighted by Gasteiger charge is 2.23. The quantitative estimate of drug-likeness (QED) is 0.471. The van der Waals surface area contributed by atoms with Gasteiger partial charge in [0.05, 0.1) is 6.42 Å². The zero-order valence-electron chi connectivity index (χ0n) is 10.7. The van der Waals surface area contributed by atoms with Crippen molar-refractivity contribution in [2.45, 2.75) is 31.8 Å². The first-order valence-corrected chi connectivity index (χ1v) is 7.26. The summed E-state index contributed by atoms with van der Waals surface area (Å²) >= 11 is 0. The van der Waals surface area contributed by atoms with Crippen molar-refractivity contribution in [3.63, 3.8) is 0 Å². The van der Waals surface area contributed by atoms with E-state index in [4.69, 9.17) is 10.2 Å². The predicted octanol–water partition coefficient (Wildman–Crippen LogP) is -0.629. The fourth-order valence-corrected chi connectivity index (χ4v) is 1.90. The van der Waals surface area contributed by atoms with E-state index in [-0.39, 0.29) is 6.04 Å². The van der Waals surface area contributed by atoms with Gasteiger partial charge in [-0.3, -0.25) is 9.00 Å². The molecule has 2 amide bonds. The minimum atomic E-state index is -1.48. The molecule has 0 heterocycles. The summed E-state index contributed by atoms with van der Waals surface area (Å²) in [7, 11) is -0.970. The molecule has 0 aliphatic carbocycles. The predicted molar refractivity (Wildman–Crippen MR) is 68.4 cm³/mol. The molecule has 0 saturated heterocycles. The zero-order valence-corrected chi connectivity index (χ0v) is 11.5. The van der Waals surface area contributed by atoms with Gasteiger partial charge in [0, 0.05) is 28.9 Å². The van der Waals surface area contributed by atoms with Gasteiger partial charge in [-0.05, 0) is 13.3 Å². The maximum atomic E-state index is 11.4. The number of amides is 2. The van der Waals surface area contributed by atoms with Crippen LogP contribution in [0.3, 0.4) is 0 Å². The Morgan fingerprint density at radius 1 is 1.21 bits per heavy atom. The van der Waals surface area contributed by atoms with Gasteiger partial charge in [-0.25, -0.2) is 9.59 Å². The molecule has 3 atom stereocenters. The second kappa shape index (κ2) is 8.46. The number of carbonyl (C=O) groups is 3. The molecule has 0 aromatic carbocycles. The minimum Gasteiger partial charge on any atom is -0.481 e. The third-order valence-electron chi connectivity index (χ3n) is 2.20. The number of carbonyl (C=O) groups excluding carboxylic acids is 1. The zero-order chi connectivity index (χ0) is 15.0. The van der Waals surface area contributed by atoms with Gasteiger partial charge < -0.3 is 20.8 Å². The highest BCUT2D eigenvalue weighted by Crippen LogP contribution is 1.95. The summed E-state index contributed by atoms with van der Waals surface area (Å²) in [5.74, 6) is -2.32. The van der Waals surface area contributed by atoms with Crippen molar-refractivity contribution >= 4 is 28.8 Å². The van der Waals surface area contributed by atoms with Gasteiger partial charge in [-0.2, -0.15) is 0 Å². The first-order chi connectivity index (χ1) is 8.72. The number of carboxylic acids is 2. The molecule has 0 aliphatic rings. The maximum absolute atomic E-state index is 11.4. The highest BCUT2D eigenvalue weighted by molar-refractivity contribution is 7.84. The molecule has 2 unspecified atom stereocenters. The number of urea groups is 1. The number of carboxylic acid groups (broad SMARTS) is 2. The molecule has 0 aliphatic heterocycles. The van der Waals surface area contributed by atoms with Crippen molar-refractivity contribution in [1.82, 2.24) is 10.6 Å². The van der Waals surface area contributed by atoms with Gasteiger partial charge in [0.15, 0.2) is 0 Å². The van der Waals surface area contributed by atoms with Gasteiger partial charge in [-0.1, -0.05) is 0 Å². The van der Waals surface area contributed by atoms with E-state index in [1.54, 1.807) is 13.2 Å². The number of nitrogens with one attached hydrogen (secondary N) is 2. The van der Waals surface area contributed by atoms with E-state index in [0.717, 1.165) is 0 Å². The average molecular weight is 294 g/mol. The Balaban J connectivity index is 4.22. The molecule has 4 N–H and O–H groups in total. The number of rotatable bonds is 8. The summed E-state index contributed by atoms with van der Waals surface area (Å²) in [6, 6.07) is -2.53. The van der Waals surface area contributed by atoms with Crippen LogP contribution < -0.4 is 10.6 Å². The first kappa shape index (κ1) is 17.4. The second-order valence-corrected chi connectivity index (χ2v) is 5.63. The van der Waals surface area contributed by atoms with Crippen LogP contribution in [-0.4, -0.2) is 56.5 Å². The second-order valence-electron chi connectivity index (χ2n) is 4.07. The number of hydrogen-bond donors (Lipinski definition) is 4. The Morgan fingerprint density at radius 2 is 1.79 bits per heavy atom. The fourth-order valence-electron chi connectivity index (χ4n) is 1.21. The molecular formula is C10H18N2O6S. The van der Waals surface area contributed by atoms with Crippen LogP contribution in [0.1, 0.15) is 19.8 Å². The first-order valence-electron chi connectivity index (χ1n) is 5.54. The smallest absolute Gasteiger partial charge is 0.326 e. The van der Waals surface area contributed by atoms with E-state index in [9.17, 15) is 18.6 Å².